The predicted octanol–water partition coefficient (Wildman–Crippen LogP) is 0.0543. The second-order valence-electron chi connectivity index (χ2n) is 3.25. The fourth-order valence-corrected chi connectivity index (χ4v) is 1.32. The molecule has 0 unspecified atom stereocenters. The van der Waals surface area contributed by atoms with Gasteiger partial charge in [-0.25, -0.2) is 0 Å². The number of hydrogen-bond acceptors (Lipinski definition) is 3. The second kappa shape index (κ2) is 4.04. The van der Waals surface area contributed by atoms with Crippen LogP contribution in [0.15, 0.2) is 0 Å². The topological polar surface area (TPSA) is 38.5 Å². The number of nitrogens with zero attached hydrogens (tertiary/aromatic N) is 1. The van der Waals surface area contributed by atoms with E-state index in [0.29, 0.717) is 6.04 Å². The number of ether oxygens (including phenoxy) is 1. The van der Waals surface area contributed by atoms with E-state index in [1.54, 1.807) is 0 Å². The van der Waals surface area contributed by atoms with Crippen LogP contribution in [0.4, 0.5) is 0 Å². The Kier molecular flexibility index (Phi) is 3.30. The summed E-state index contributed by atoms with van der Waals surface area (Å²) < 4.78 is 5.25. The van der Waals surface area contributed by atoms with Gasteiger partial charge in [-0.2, -0.15) is 0 Å². The molecule has 1 aliphatic rings. The highest BCUT2D eigenvalue weighted by molar-refractivity contribution is 4.76. The van der Waals surface area contributed by atoms with Crippen molar-refractivity contribution in [2.45, 2.75) is 25.9 Å². The summed E-state index contributed by atoms with van der Waals surface area (Å²) in [6.07, 6.45) is 0. The highest BCUT2D eigenvalue weighted by Gasteiger charge is 2.19. The number of morpholine rings is 1. The molecule has 1 heterocycles. The average molecular weight is 158 g/mol. The van der Waals surface area contributed by atoms with Gasteiger partial charge in [-0.3, -0.25) is 4.90 Å². The van der Waals surface area contributed by atoms with Crippen molar-refractivity contribution in [1.29, 1.82) is 0 Å². The first kappa shape index (κ1) is 8.97. The van der Waals surface area contributed by atoms with E-state index in [2.05, 4.69) is 18.7 Å². The zero-order chi connectivity index (χ0) is 8.27. The zero-order valence-electron chi connectivity index (χ0n) is 7.42. The number of hydrogen-bond donors (Lipinski definition) is 1. The minimum absolute atomic E-state index is 0.257. The largest absolute Gasteiger partial charge is 0.379 e. The van der Waals surface area contributed by atoms with Gasteiger partial charge in [0, 0.05) is 25.2 Å². The van der Waals surface area contributed by atoms with Gasteiger partial charge in [-0.15, -0.1) is 0 Å². The lowest BCUT2D eigenvalue weighted by Crippen LogP contribution is -2.49. The predicted molar refractivity (Wildman–Crippen MR) is 45.5 cm³/mol. The standard InChI is InChI=1S/C8H18N2O/c1-7(9)8(2)10-3-5-11-6-4-10/h7-8H,3-6,9H2,1-2H3/t7-,8+/m0/s1. The van der Waals surface area contributed by atoms with E-state index < -0.39 is 0 Å². The molecular formula is C8H18N2O. The van der Waals surface area contributed by atoms with Crippen LogP contribution < -0.4 is 5.73 Å². The summed E-state index contributed by atoms with van der Waals surface area (Å²) in [4.78, 5) is 2.38. The van der Waals surface area contributed by atoms with Gasteiger partial charge in [0.2, 0.25) is 0 Å². The van der Waals surface area contributed by atoms with Crippen molar-refractivity contribution >= 4 is 0 Å². The first-order chi connectivity index (χ1) is 5.22. The van der Waals surface area contributed by atoms with Crippen LogP contribution in [-0.4, -0.2) is 43.3 Å². The van der Waals surface area contributed by atoms with Gasteiger partial charge in [-0.05, 0) is 13.8 Å². The maximum atomic E-state index is 5.78. The Morgan fingerprint density at radius 3 is 2.27 bits per heavy atom. The molecule has 1 fully saturated rings. The van der Waals surface area contributed by atoms with Crippen LogP contribution in [0, 0.1) is 0 Å². The molecule has 0 radical (unpaired) electrons. The zero-order valence-corrected chi connectivity index (χ0v) is 7.42. The van der Waals surface area contributed by atoms with Crippen LogP contribution in [0.3, 0.4) is 0 Å². The number of rotatable bonds is 2. The van der Waals surface area contributed by atoms with Crippen molar-refractivity contribution in [1.82, 2.24) is 4.90 Å². The summed E-state index contributed by atoms with van der Waals surface area (Å²) >= 11 is 0. The minimum Gasteiger partial charge on any atom is -0.379 e. The van der Waals surface area contributed by atoms with Crippen molar-refractivity contribution in [2.24, 2.45) is 5.73 Å². The molecule has 2 N–H and O–H groups in total. The fourth-order valence-electron chi connectivity index (χ4n) is 1.32. The van der Waals surface area contributed by atoms with Gasteiger partial charge < -0.3 is 10.5 Å². The lowest BCUT2D eigenvalue weighted by Gasteiger charge is -2.34. The molecule has 0 saturated carbocycles. The summed E-state index contributed by atoms with van der Waals surface area (Å²) in [5, 5.41) is 0. The highest BCUT2D eigenvalue weighted by Crippen LogP contribution is 2.05. The Hall–Kier alpha value is -0.120. The molecule has 0 aromatic rings. The molecule has 0 aromatic heterocycles. The van der Waals surface area contributed by atoms with Gasteiger partial charge in [0.15, 0.2) is 0 Å². The van der Waals surface area contributed by atoms with Crippen LogP contribution >= 0.6 is 0 Å². The molecule has 0 amide bonds. The summed E-state index contributed by atoms with van der Waals surface area (Å²) in [6, 6.07) is 0.743. The third kappa shape index (κ3) is 2.43. The average Bonchev–Trinajstić information content (AvgIpc) is 2.05. The quantitative estimate of drug-likeness (QED) is 0.617. The van der Waals surface area contributed by atoms with E-state index in [1.807, 2.05) is 0 Å². The van der Waals surface area contributed by atoms with Crippen molar-refractivity contribution < 1.29 is 4.74 Å². The molecule has 66 valence electrons. The molecule has 0 aliphatic carbocycles. The van der Waals surface area contributed by atoms with Crippen molar-refractivity contribution in [3.63, 3.8) is 0 Å². The Balaban J connectivity index is 2.32. The lowest BCUT2D eigenvalue weighted by atomic mass is 10.1. The molecule has 0 spiro atoms. The summed E-state index contributed by atoms with van der Waals surface area (Å²) in [5.74, 6) is 0. The van der Waals surface area contributed by atoms with Crippen molar-refractivity contribution in [2.75, 3.05) is 26.3 Å². The molecule has 11 heavy (non-hydrogen) atoms. The van der Waals surface area contributed by atoms with E-state index in [0.717, 1.165) is 26.3 Å². The van der Waals surface area contributed by atoms with E-state index in [1.165, 1.54) is 0 Å². The van der Waals surface area contributed by atoms with E-state index >= 15 is 0 Å². The third-order valence-electron chi connectivity index (χ3n) is 2.38. The van der Waals surface area contributed by atoms with Crippen molar-refractivity contribution in [3.05, 3.63) is 0 Å². The maximum Gasteiger partial charge on any atom is 0.0594 e. The Bertz CT molecular complexity index is 111. The van der Waals surface area contributed by atoms with Crippen LogP contribution in [-0.2, 0) is 4.74 Å². The van der Waals surface area contributed by atoms with Crippen LogP contribution in [0.1, 0.15) is 13.8 Å². The Morgan fingerprint density at radius 1 is 1.27 bits per heavy atom. The summed E-state index contributed by atoms with van der Waals surface area (Å²) in [5.41, 5.74) is 5.78. The molecular weight excluding hydrogens is 140 g/mol. The Labute approximate surface area is 68.5 Å². The normalized spacial score (nSPS) is 26.5. The SMILES string of the molecule is C[C@H](N)[C@@H](C)N1CCOCC1. The fraction of sp³-hybridized carbons (Fsp3) is 1.00. The molecule has 1 aliphatic heterocycles. The molecule has 1 saturated heterocycles. The first-order valence-corrected chi connectivity index (χ1v) is 4.29. The third-order valence-corrected chi connectivity index (χ3v) is 2.38. The molecule has 3 heteroatoms. The van der Waals surface area contributed by atoms with Gasteiger partial charge in [0.25, 0.3) is 0 Å². The molecule has 2 atom stereocenters. The van der Waals surface area contributed by atoms with Gasteiger partial charge >= 0.3 is 0 Å². The van der Waals surface area contributed by atoms with Gasteiger partial charge in [-0.1, -0.05) is 0 Å². The van der Waals surface area contributed by atoms with Gasteiger partial charge in [0.1, 0.15) is 0 Å². The lowest BCUT2D eigenvalue weighted by molar-refractivity contribution is 0.0163. The van der Waals surface area contributed by atoms with Crippen LogP contribution in [0.5, 0.6) is 0 Å². The van der Waals surface area contributed by atoms with Gasteiger partial charge in [0.05, 0.1) is 13.2 Å². The number of nitrogens with two attached hydrogens (primary N) is 1. The highest BCUT2D eigenvalue weighted by atomic mass is 16.5. The van der Waals surface area contributed by atoms with Crippen LogP contribution in [0.2, 0.25) is 0 Å². The molecule has 0 bridgehead atoms. The maximum absolute atomic E-state index is 5.78. The molecule has 1 rings (SSSR count). The minimum atomic E-state index is 0.257. The second-order valence-corrected chi connectivity index (χ2v) is 3.25. The molecule has 3 nitrogen and oxygen atoms in total. The Morgan fingerprint density at radius 2 is 1.82 bits per heavy atom. The van der Waals surface area contributed by atoms with E-state index in [-0.39, 0.29) is 6.04 Å². The first-order valence-electron chi connectivity index (χ1n) is 4.29. The van der Waals surface area contributed by atoms with Crippen molar-refractivity contribution in [3.8, 4) is 0 Å². The summed E-state index contributed by atoms with van der Waals surface area (Å²) in [7, 11) is 0. The smallest absolute Gasteiger partial charge is 0.0594 e. The molecule has 0 aromatic carbocycles. The van der Waals surface area contributed by atoms with E-state index in [9.17, 15) is 0 Å². The van der Waals surface area contributed by atoms with E-state index in [4.69, 9.17) is 10.5 Å². The van der Waals surface area contributed by atoms with Crippen LogP contribution in [0.25, 0.3) is 0 Å². The summed E-state index contributed by atoms with van der Waals surface area (Å²) in [6.45, 7) is 8.01. The monoisotopic (exact) mass is 158 g/mol.